The Bertz CT molecular complexity index is 670. The van der Waals surface area contributed by atoms with Gasteiger partial charge in [-0.2, -0.15) is 5.10 Å². The molecule has 1 heterocycles. The van der Waals surface area contributed by atoms with Gasteiger partial charge in [-0.25, -0.2) is 5.43 Å². The van der Waals surface area contributed by atoms with Gasteiger partial charge in [0.1, 0.15) is 6.04 Å². The van der Waals surface area contributed by atoms with Gasteiger partial charge in [-0.05, 0) is 23.3 Å². The molecule has 0 saturated carbocycles. The van der Waals surface area contributed by atoms with E-state index < -0.39 is 0 Å². The SMILES string of the molecule is O=C(NN=Cc1ccc(Cl)cc1)C1CN1Cc1ccccc1. The summed E-state index contributed by atoms with van der Waals surface area (Å²) in [6, 6.07) is 17.3. The van der Waals surface area contributed by atoms with Crippen LogP contribution < -0.4 is 5.43 Å². The Morgan fingerprint density at radius 1 is 1.23 bits per heavy atom. The predicted octanol–water partition coefficient (Wildman–Crippen LogP) is 2.67. The van der Waals surface area contributed by atoms with E-state index in [0.29, 0.717) is 5.02 Å². The topological polar surface area (TPSA) is 44.5 Å². The van der Waals surface area contributed by atoms with E-state index in [4.69, 9.17) is 11.6 Å². The lowest BCUT2D eigenvalue weighted by atomic mass is 10.2. The molecule has 0 radical (unpaired) electrons. The minimum absolute atomic E-state index is 0.0684. The molecular formula is C17H16ClN3O. The van der Waals surface area contributed by atoms with E-state index in [1.807, 2.05) is 30.3 Å². The van der Waals surface area contributed by atoms with Crippen molar-refractivity contribution in [1.29, 1.82) is 0 Å². The molecule has 0 aliphatic carbocycles. The molecule has 5 heteroatoms. The zero-order valence-corrected chi connectivity index (χ0v) is 12.7. The van der Waals surface area contributed by atoms with Gasteiger partial charge < -0.3 is 0 Å². The van der Waals surface area contributed by atoms with E-state index in [9.17, 15) is 4.79 Å². The quantitative estimate of drug-likeness (QED) is 0.524. The molecular weight excluding hydrogens is 298 g/mol. The highest BCUT2D eigenvalue weighted by Gasteiger charge is 2.39. The molecule has 1 aliphatic heterocycles. The van der Waals surface area contributed by atoms with Gasteiger partial charge in [-0.3, -0.25) is 9.69 Å². The summed E-state index contributed by atoms with van der Waals surface area (Å²) in [5, 5.41) is 4.66. The van der Waals surface area contributed by atoms with Crippen LogP contribution in [0.15, 0.2) is 59.7 Å². The van der Waals surface area contributed by atoms with E-state index in [-0.39, 0.29) is 11.9 Å². The number of nitrogens with one attached hydrogen (secondary N) is 1. The van der Waals surface area contributed by atoms with Crippen LogP contribution in [-0.2, 0) is 11.3 Å². The van der Waals surface area contributed by atoms with Crippen LogP contribution in [0.2, 0.25) is 5.02 Å². The number of nitrogens with zero attached hydrogens (tertiary/aromatic N) is 2. The number of hydrogen-bond acceptors (Lipinski definition) is 3. The highest BCUT2D eigenvalue weighted by molar-refractivity contribution is 6.30. The van der Waals surface area contributed by atoms with Crippen molar-refractivity contribution in [1.82, 2.24) is 10.3 Å². The molecule has 2 unspecified atom stereocenters. The van der Waals surface area contributed by atoms with Gasteiger partial charge >= 0.3 is 0 Å². The molecule has 112 valence electrons. The number of carbonyl (C=O) groups excluding carboxylic acids is 1. The first kappa shape index (κ1) is 14.8. The minimum Gasteiger partial charge on any atom is -0.284 e. The van der Waals surface area contributed by atoms with Crippen molar-refractivity contribution >= 4 is 23.7 Å². The van der Waals surface area contributed by atoms with E-state index in [1.54, 1.807) is 18.3 Å². The highest BCUT2D eigenvalue weighted by Crippen LogP contribution is 2.20. The molecule has 2 atom stereocenters. The Labute approximate surface area is 134 Å². The van der Waals surface area contributed by atoms with Crippen LogP contribution in [0.3, 0.4) is 0 Å². The second kappa shape index (κ2) is 6.73. The van der Waals surface area contributed by atoms with Gasteiger partial charge in [0.25, 0.3) is 5.91 Å². The lowest BCUT2D eigenvalue weighted by molar-refractivity contribution is -0.121. The summed E-state index contributed by atoms with van der Waals surface area (Å²) in [7, 11) is 0. The van der Waals surface area contributed by atoms with Gasteiger partial charge in [0.05, 0.1) is 6.21 Å². The first-order valence-electron chi connectivity index (χ1n) is 7.09. The van der Waals surface area contributed by atoms with Crippen molar-refractivity contribution in [2.45, 2.75) is 12.6 Å². The summed E-state index contributed by atoms with van der Waals surface area (Å²) in [6.45, 7) is 1.57. The summed E-state index contributed by atoms with van der Waals surface area (Å²) >= 11 is 5.81. The number of hydrogen-bond donors (Lipinski definition) is 1. The third kappa shape index (κ3) is 3.93. The van der Waals surface area contributed by atoms with Crippen LogP contribution in [0.4, 0.5) is 0 Å². The number of benzene rings is 2. The Morgan fingerprint density at radius 2 is 1.95 bits per heavy atom. The molecule has 1 amide bonds. The maximum Gasteiger partial charge on any atom is 0.258 e. The summed E-state index contributed by atoms with van der Waals surface area (Å²) in [6.07, 6.45) is 1.61. The fourth-order valence-electron chi connectivity index (χ4n) is 2.21. The summed E-state index contributed by atoms with van der Waals surface area (Å²) in [4.78, 5) is 14.1. The lowest BCUT2D eigenvalue weighted by Gasteiger charge is -2.03. The van der Waals surface area contributed by atoms with Crippen molar-refractivity contribution < 1.29 is 4.79 Å². The van der Waals surface area contributed by atoms with Gasteiger partial charge in [0.2, 0.25) is 0 Å². The van der Waals surface area contributed by atoms with E-state index in [1.165, 1.54) is 5.56 Å². The largest absolute Gasteiger partial charge is 0.284 e. The van der Waals surface area contributed by atoms with Crippen molar-refractivity contribution in [3.8, 4) is 0 Å². The summed E-state index contributed by atoms with van der Waals surface area (Å²) < 4.78 is 0. The minimum atomic E-state index is -0.0810. The molecule has 1 aliphatic rings. The average Bonchev–Trinajstić information content (AvgIpc) is 3.29. The van der Waals surface area contributed by atoms with Crippen molar-refractivity contribution in [2.75, 3.05) is 6.54 Å². The Morgan fingerprint density at radius 3 is 2.68 bits per heavy atom. The Kier molecular flexibility index (Phi) is 4.51. The second-order valence-electron chi connectivity index (χ2n) is 5.22. The first-order chi connectivity index (χ1) is 10.7. The molecule has 22 heavy (non-hydrogen) atoms. The van der Waals surface area contributed by atoms with Gasteiger partial charge in [-0.1, -0.05) is 54.1 Å². The Hall–Kier alpha value is -2.17. The molecule has 1 saturated heterocycles. The zero-order chi connectivity index (χ0) is 15.4. The van der Waals surface area contributed by atoms with E-state index in [2.05, 4.69) is 27.6 Å². The molecule has 0 bridgehead atoms. The zero-order valence-electron chi connectivity index (χ0n) is 11.9. The first-order valence-corrected chi connectivity index (χ1v) is 7.46. The standard InChI is InChI=1S/C17H16ClN3O/c18-15-8-6-13(7-9-15)10-19-20-17(22)16-12-21(16)11-14-4-2-1-3-5-14/h1-10,16H,11-12H2,(H,20,22). The number of carbonyl (C=O) groups is 1. The fraction of sp³-hybridized carbons (Fsp3) is 0.176. The van der Waals surface area contributed by atoms with Gasteiger partial charge in [0, 0.05) is 18.1 Å². The molecule has 2 aromatic rings. The van der Waals surface area contributed by atoms with Crippen LogP contribution in [0.5, 0.6) is 0 Å². The summed E-state index contributed by atoms with van der Waals surface area (Å²) in [5.74, 6) is -0.0684. The molecule has 1 fully saturated rings. The van der Waals surface area contributed by atoms with E-state index in [0.717, 1.165) is 18.7 Å². The molecule has 0 aromatic heterocycles. The fourth-order valence-corrected chi connectivity index (χ4v) is 2.34. The molecule has 1 N–H and O–H groups in total. The molecule has 0 spiro atoms. The predicted molar refractivity (Wildman–Crippen MR) is 87.8 cm³/mol. The lowest BCUT2D eigenvalue weighted by Crippen LogP contribution is -2.25. The molecule has 4 nitrogen and oxygen atoms in total. The van der Waals surface area contributed by atoms with Crippen LogP contribution in [-0.4, -0.2) is 29.6 Å². The van der Waals surface area contributed by atoms with Gasteiger partial charge in [0.15, 0.2) is 0 Å². The van der Waals surface area contributed by atoms with E-state index >= 15 is 0 Å². The number of rotatable bonds is 5. The number of amides is 1. The monoisotopic (exact) mass is 313 g/mol. The Balaban J connectivity index is 1.46. The third-order valence-corrected chi connectivity index (χ3v) is 3.76. The van der Waals surface area contributed by atoms with Crippen LogP contribution in [0.1, 0.15) is 11.1 Å². The smallest absolute Gasteiger partial charge is 0.258 e. The maximum absolute atomic E-state index is 12.0. The summed E-state index contributed by atoms with van der Waals surface area (Å²) in [5.41, 5.74) is 4.68. The normalized spacial score (nSPS) is 20.0. The van der Waals surface area contributed by atoms with Crippen LogP contribution >= 0.6 is 11.6 Å². The second-order valence-corrected chi connectivity index (χ2v) is 5.65. The van der Waals surface area contributed by atoms with Crippen LogP contribution in [0.25, 0.3) is 0 Å². The van der Waals surface area contributed by atoms with Gasteiger partial charge in [-0.15, -0.1) is 0 Å². The van der Waals surface area contributed by atoms with Crippen LogP contribution in [0, 0.1) is 0 Å². The average molecular weight is 314 g/mol. The number of halogens is 1. The van der Waals surface area contributed by atoms with Crippen molar-refractivity contribution in [2.24, 2.45) is 5.10 Å². The van der Waals surface area contributed by atoms with Crippen molar-refractivity contribution in [3.63, 3.8) is 0 Å². The molecule has 3 rings (SSSR count). The highest BCUT2D eigenvalue weighted by atomic mass is 35.5. The maximum atomic E-state index is 12.0. The van der Waals surface area contributed by atoms with Crippen molar-refractivity contribution in [3.05, 3.63) is 70.7 Å². The molecule has 2 aromatic carbocycles. The third-order valence-electron chi connectivity index (χ3n) is 3.50. The number of hydrazone groups is 1.